The summed E-state index contributed by atoms with van der Waals surface area (Å²) in [6, 6.07) is 7.47. The Morgan fingerprint density at radius 3 is 2.79 bits per heavy atom. The highest BCUT2D eigenvalue weighted by Gasteiger charge is 2.13. The van der Waals surface area contributed by atoms with E-state index in [1.165, 1.54) is 0 Å². The molecule has 0 atom stereocenters. The second-order valence-corrected chi connectivity index (χ2v) is 7.01. The van der Waals surface area contributed by atoms with Gasteiger partial charge < -0.3 is 9.73 Å². The third-order valence-corrected chi connectivity index (χ3v) is 4.91. The predicted molar refractivity (Wildman–Crippen MR) is 108 cm³/mol. The average Bonchev–Trinajstić information content (AvgIpc) is 3.23. The summed E-state index contributed by atoms with van der Waals surface area (Å²) in [5, 5.41) is 7.43. The van der Waals surface area contributed by atoms with E-state index in [-0.39, 0.29) is 5.91 Å². The highest BCUT2D eigenvalue weighted by molar-refractivity contribution is 5.92. The van der Waals surface area contributed by atoms with Gasteiger partial charge in [0.15, 0.2) is 17.1 Å². The van der Waals surface area contributed by atoms with Gasteiger partial charge >= 0.3 is 0 Å². The number of nitrogens with zero attached hydrogens (tertiary/aromatic N) is 4. The van der Waals surface area contributed by atoms with Gasteiger partial charge in [-0.3, -0.25) is 4.79 Å². The van der Waals surface area contributed by atoms with E-state index in [1.54, 1.807) is 0 Å². The standard InChI is InChI=1S/C21H23N5O2/c1-5-21-24-17-11-15(6-8-18(17)28-21)23-20(27)9-7-16-13(3)22-19-10-12(2)25-26(19)14(16)4/h6,8,10-11H,5,7,9H2,1-4H3,(H,23,27). The number of hydrogen-bond donors (Lipinski definition) is 1. The van der Waals surface area contributed by atoms with E-state index in [9.17, 15) is 4.79 Å². The molecule has 0 aliphatic carbocycles. The normalized spacial score (nSPS) is 11.4. The van der Waals surface area contributed by atoms with E-state index in [2.05, 4.69) is 20.4 Å². The number of nitrogens with one attached hydrogen (secondary N) is 1. The minimum atomic E-state index is -0.0471. The molecule has 0 spiro atoms. The Kier molecular flexibility index (Phi) is 4.58. The van der Waals surface area contributed by atoms with Crippen molar-refractivity contribution in [2.75, 3.05) is 5.32 Å². The van der Waals surface area contributed by atoms with Crippen molar-refractivity contribution in [3.63, 3.8) is 0 Å². The van der Waals surface area contributed by atoms with Crippen molar-refractivity contribution < 1.29 is 9.21 Å². The lowest BCUT2D eigenvalue weighted by atomic mass is 10.1. The van der Waals surface area contributed by atoms with Gasteiger partial charge in [0.2, 0.25) is 5.91 Å². The van der Waals surface area contributed by atoms with Gasteiger partial charge in [0.05, 0.1) is 5.69 Å². The molecule has 1 N–H and O–H groups in total. The van der Waals surface area contributed by atoms with Crippen molar-refractivity contribution in [3.8, 4) is 0 Å². The number of aryl methyl sites for hydroxylation is 4. The summed E-state index contributed by atoms with van der Waals surface area (Å²) in [5.41, 5.74) is 7.00. The molecule has 0 aliphatic heterocycles. The van der Waals surface area contributed by atoms with Crippen molar-refractivity contribution in [2.24, 2.45) is 0 Å². The predicted octanol–water partition coefficient (Wildman–Crippen LogP) is 3.93. The van der Waals surface area contributed by atoms with Gasteiger partial charge in [-0.1, -0.05) is 6.92 Å². The number of anilines is 1. The molecular weight excluding hydrogens is 354 g/mol. The zero-order chi connectivity index (χ0) is 19.8. The van der Waals surface area contributed by atoms with E-state index < -0.39 is 0 Å². The number of carbonyl (C=O) groups excluding carboxylic acids is 1. The molecule has 7 nitrogen and oxygen atoms in total. The van der Waals surface area contributed by atoms with Crippen LogP contribution >= 0.6 is 0 Å². The summed E-state index contributed by atoms with van der Waals surface area (Å²) in [5.74, 6) is 0.648. The Bertz CT molecular complexity index is 1190. The van der Waals surface area contributed by atoms with Crippen molar-refractivity contribution in [1.29, 1.82) is 0 Å². The fourth-order valence-electron chi connectivity index (χ4n) is 3.47. The van der Waals surface area contributed by atoms with Crippen LogP contribution in [0.25, 0.3) is 16.7 Å². The molecule has 0 unspecified atom stereocenters. The van der Waals surface area contributed by atoms with Gasteiger partial charge in [-0.2, -0.15) is 5.10 Å². The maximum Gasteiger partial charge on any atom is 0.224 e. The number of aromatic nitrogens is 4. The first-order valence-corrected chi connectivity index (χ1v) is 9.46. The van der Waals surface area contributed by atoms with Crippen molar-refractivity contribution in [3.05, 3.63) is 52.8 Å². The highest BCUT2D eigenvalue weighted by atomic mass is 16.3. The van der Waals surface area contributed by atoms with Crippen LogP contribution in [0.1, 0.15) is 41.9 Å². The topological polar surface area (TPSA) is 85.3 Å². The fourth-order valence-corrected chi connectivity index (χ4v) is 3.47. The maximum atomic E-state index is 12.5. The number of oxazole rings is 1. The molecule has 3 aromatic heterocycles. The lowest BCUT2D eigenvalue weighted by molar-refractivity contribution is -0.116. The molecule has 0 radical (unpaired) electrons. The van der Waals surface area contributed by atoms with Crippen LogP contribution in [0.2, 0.25) is 0 Å². The van der Waals surface area contributed by atoms with Crippen LogP contribution < -0.4 is 5.32 Å². The van der Waals surface area contributed by atoms with Crippen LogP contribution in [-0.2, 0) is 17.6 Å². The van der Waals surface area contributed by atoms with Crippen LogP contribution in [0.4, 0.5) is 5.69 Å². The molecule has 0 aliphatic rings. The molecule has 4 aromatic rings. The van der Waals surface area contributed by atoms with Crippen LogP contribution in [0, 0.1) is 20.8 Å². The molecular formula is C21H23N5O2. The first kappa shape index (κ1) is 18.2. The molecule has 0 bridgehead atoms. The van der Waals surface area contributed by atoms with Gasteiger partial charge in [0.25, 0.3) is 0 Å². The smallest absolute Gasteiger partial charge is 0.224 e. The third-order valence-electron chi connectivity index (χ3n) is 4.91. The summed E-state index contributed by atoms with van der Waals surface area (Å²) in [4.78, 5) is 21.5. The molecule has 0 saturated heterocycles. The first-order chi connectivity index (χ1) is 13.4. The van der Waals surface area contributed by atoms with Crippen molar-refractivity contribution >= 4 is 28.3 Å². The number of benzene rings is 1. The minimum absolute atomic E-state index is 0.0471. The van der Waals surface area contributed by atoms with Gasteiger partial charge in [0.1, 0.15) is 5.52 Å². The maximum absolute atomic E-state index is 12.5. The fraction of sp³-hybridized carbons (Fsp3) is 0.333. The van der Waals surface area contributed by atoms with Crippen LogP contribution in [0.3, 0.4) is 0 Å². The van der Waals surface area contributed by atoms with E-state index in [1.807, 2.05) is 56.5 Å². The van der Waals surface area contributed by atoms with Crippen LogP contribution in [0.15, 0.2) is 28.7 Å². The quantitative estimate of drug-likeness (QED) is 0.569. The Morgan fingerprint density at radius 2 is 2.00 bits per heavy atom. The molecule has 0 saturated carbocycles. The lowest BCUT2D eigenvalue weighted by Gasteiger charge is -2.11. The zero-order valence-electron chi connectivity index (χ0n) is 16.5. The largest absolute Gasteiger partial charge is 0.441 e. The summed E-state index contributed by atoms with van der Waals surface area (Å²) in [7, 11) is 0. The van der Waals surface area contributed by atoms with E-state index in [4.69, 9.17) is 4.42 Å². The first-order valence-electron chi connectivity index (χ1n) is 9.46. The zero-order valence-corrected chi connectivity index (χ0v) is 16.5. The van der Waals surface area contributed by atoms with Crippen molar-refractivity contribution in [1.82, 2.24) is 19.6 Å². The monoisotopic (exact) mass is 377 g/mol. The Labute approximate surface area is 162 Å². The molecule has 144 valence electrons. The SMILES string of the molecule is CCc1nc2cc(NC(=O)CCc3c(C)nc4cc(C)nn4c3C)ccc2o1. The summed E-state index contributed by atoms with van der Waals surface area (Å²) >= 11 is 0. The number of rotatable bonds is 5. The summed E-state index contributed by atoms with van der Waals surface area (Å²) in [6.07, 6.45) is 1.72. The number of hydrogen-bond acceptors (Lipinski definition) is 5. The number of carbonyl (C=O) groups is 1. The number of amides is 1. The van der Waals surface area contributed by atoms with Crippen LogP contribution in [0.5, 0.6) is 0 Å². The molecule has 3 heterocycles. The molecule has 1 aromatic carbocycles. The molecule has 28 heavy (non-hydrogen) atoms. The highest BCUT2D eigenvalue weighted by Crippen LogP contribution is 2.21. The van der Waals surface area contributed by atoms with Crippen molar-refractivity contribution in [2.45, 2.75) is 47.0 Å². The van der Waals surface area contributed by atoms with Gasteiger partial charge in [-0.25, -0.2) is 14.5 Å². The van der Waals surface area contributed by atoms with E-state index >= 15 is 0 Å². The van der Waals surface area contributed by atoms with Gasteiger partial charge in [-0.15, -0.1) is 0 Å². The number of fused-ring (bicyclic) bond motifs is 2. The molecule has 7 heteroatoms. The van der Waals surface area contributed by atoms with Crippen LogP contribution in [-0.4, -0.2) is 25.5 Å². The second kappa shape index (κ2) is 7.07. The molecule has 0 fully saturated rings. The van der Waals surface area contributed by atoms with Gasteiger partial charge in [0, 0.05) is 36.0 Å². The Morgan fingerprint density at radius 1 is 1.18 bits per heavy atom. The second-order valence-electron chi connectivity index (χ2n) is 7.01. The van der Waals surface area contributed by atoms with Gasteiger partial charge in [-0.05, 0) is 51.0 Å². The molecule has 1 amide bonds. The Balaban J connectivity index is 1.48. The van der Waals surface area contributed by atoms with E-state index in [0.717, 1.165) is 51.5 Å². The average molecular weight is 377 g/mol. The van der Waals surface area contributed by atoms with E-state index in [0.29, 0.717) is 18.7 Å². The third kappa shape index (κ3) is 3.35. The Hall–Kier alpha value is -3.22. The minimum Gasteiger partial charge on any atom is -0.441 e. The lowest BCUT2D eigenvalue weighted by Crippen LogP contribution is -2.14. The summed E-state index contributed by atoms with van der Waals surface area (Å²) < 4.78 is 7.45. The summed E-state index contributed by atoms with van der Waals surface area (Å²) in [6.45, 7) is 7.94. The molecule has 4 rings (SSSR count).